The van der Waals surface area contributed by atoms with E-state index < -0.39 is 0 Å². The van der Waals surface area contributed by atoms with Gasteiger partial charge in [-0.05, 0) is 47.5 Å². The number of hydrogen-bond donors (Lipinski definition) is 0. The largest absolute Gasteiger partial charge is 0.486 e. The second-order valence-electron chi connectivity index (χ2n) is 5.40. The van der Waals surface area contributed by atoms with E-state index in [4.69, 9.17) is 4.74 Å². The van der Waals surface area contributed by atoms with Crippen molar-refractivity contribution in [1.82, 2.24) is 25.2 Å². The molecule has 4 rings (SSSR count). The zero-order valence-electron chi connectivity index (χ0n) is 12.6. The highest BCUT2D eigenvalue weighted by molar-refractivity contribution is 7.98. The van der Waals surface area contributed by atoms with E-state index in [9.17, 15) is 4.39 Å². The molecular weight excluding hydrogens is 349 g/mol. The van der Waals surface area contributed by atoms with Crippen molar-refractivity contribution >= 4 is 23.1 Å². The smallest absolute Gasteiger partial charge is 0.209 e. The number of rotatable bonds is 7. The number of halogens is 1. The Kier molecular flexibility index (Phi) is 4.44. The number of thioether (sulfide) groups is 1. The molecule has 0 atom stereocenters. The average molecular weight is 363 g/mol. The van der Waals surface area contributed by atoms with Crippen molar-refractivity contribution in [1.29, 1.82) is 0 Å². The van der Waals surface area contributed by atoms with Crippen molar-refractivity contribution in [2.45, 2.75) is 36.4 Å². The molecule has 1 fully saturated rings. The van der Waals surface area contributed by atoms with Gasteiger partial charge in [0.05, 0.1) is 11.7 Å². The van der Waals surface area contributed by atoms with Crippen molar-refractivity contribution in [2.24, 2.45) is 0 Å². The molecule has 124 valence electrons. The number of hydrogen-bond acceptors (Lipinski definition) is 7. The lowest BCUT2D eigenvalue weighted by Gasteiger charge is -2.03. The predicted molar refractivity (Wildman–Crippen MR) is 88.5 cm³/mol. The summed E-state index contributed by atoms with van der Waals surface area (Å²) in [5.41, 5.74) is 0.980. The zero-order valence-corrected chi connectivity index (χ0v) is 14.3. The van der Waals surface area contributed by atoms with E-state index in [1.807, 2.05) is 10.1 Å². The molecule has 0 saturated heterocycles. The molecule has 6 nitrogen and oxygen atoms in total. The summed E-state index contributed by atoms with van der Waals surface area (Å²) in [6, 6.07) is 6.44. The summed E-state index contributed by atoms with van der Waals surface area (Å²) in [5.74, 6) is 1.08. The van der Waals surface area contributed by atoms with Crippen LogP contribution in [0.15, 0.2) is 34.8 Å². The van der Waals surface area contributed by atoms with Crippen molar-refractivity contribution in [3.63, 3.8) is 0 Å². The first-order chi connectivity index (χ1) is 11.8. The SMILES string of the molecule is Fc1ccc(OCc2nc(CSc3nnnn3C3CC3)cs2)cc1. The fraction of sp³-hybridized carbons (Fsp3) is 0.333. The monoisotopic (exact) mass is 363 g/mol. The summed E-state index contributed by atoms with van der Waals surface area (Å²) in [4.78, 5) is 4.55. The molecule has 1 saturated carbocycles. The van der Waals surface area contributed by atoms with Gasteiger partial charge < -0.3 is 4.74 Å². The minimum absolute atomic E-state index is 0.274. The Labute approximate surface area is 146 Å². The standard InChI is InChI=1S/C15H14FN5OS2/c16-10-1-5-13(6-2-10)22-7-14-17-11(8-23-14)9-24-15-18-19-20-21(15)12-3-4-12/h1-2,5-6,8,12H,3-4,7,9H2. The second kappa shape index (κ2) is 6.86. The van der Waals surface area contributed by atoms with Gasteiger partial charge >= 0.3 is 0 Å². The van der Waals surface area contributed by atoms with Gasteiger partial charge in [0.2, 0.25) is 5.16 Å². The number of tetrazole rings is 1. The summed E-state index contributed by atoms with van der Waals surface area (Å²) >= 11 is 3.14. The third-order valence-corrected chi connectivity index (χ3v) is 5.32. The molecule has 0 spiro atoms. The van der Waals surface area contributed by atoms with Crippen molar-refractivity contribution in [3.8, 4) is 5.75 Å². The van der Waals surface area contributed by atoms with Gasteiger partial charge in [0.1, 0.15) is 23.2 Å². The van der Waals surface area contributed by atoms with Crippen LogP contribution < -0.4 is 4.74 Å². The normalized spacial score (nSPS) is 14.0. The first kappa shape index (κ1) is 15.5. The van der Waals surface area contributed by atoms with Crippen LogP contribution in [0.25, 0.3) is 0 Å². The Balaban J connectivity index is 1.31. The van der Waals surface area contributed by atoms with Crippen molar-refractivity contribution in [3.05, 3.63) is 46.2 Å². The van der Waals surface area contributed by atoms with Crippen molar-refractivity contribution < 1.29 is 9.13 Å². The highest BCUT2D eigenvalue weighted by Gasteiger charge is 2.27. The first-order valence-electron chi connectivity index (χ1n) is 7.50. The molecule has 0 unspecified atom stereocenters. The number of ether oxygens (including phenoxy) is 1. The van der Waals surface area contributed by atoms with Gasteiger partial charge in [-0.3, -0.25) is 0 Å². The van der Waals surface area contributed by atoms with Crippen LogP contribution in [-0.2, 0) is 12.4 Å². The zero-order chi connectivity index (χ0) is 16.4. The van der Waals surface area contributed by atoms with E-state index in [-0.39, 0.29) is 5.82 Å². The lowest BCUT2D eigenvalue weighted by atomic mass is 10.3. The van der Waals surface area contributed by atoms with Gasteiger partial charge in [-0.1, -0.05) is 11.8 Å². The molecule has 9 heteroatoms. The van der Waals surface area contributed by atoms with E-state index in [2.05, 4.69) is 20.5 Å². The van der Waals surface area contributed by atoms with E-state index >= 15 is 0 Å². The average Bonchev–Trinajstić information content (AvgIpc) is 3.16. The summed E-state index contributed by atoms with van der Waals surface area (Å²) in [6.45, 7) is 0.376. The van der Waals surface area contributed by atoms with Gasteiger partial charge in [0, 0.05) is 11.1 Å². The van der Waals surface area contributed by atoms with Crippen LogP contribution in [0, 0.1) is 5.82 Å². The molecule has 2 aromatic heterocycles. The topological polar surface area (TPSA) is 65.7 Å². The van der Waals surface area contributed by atoms with Crippen molar-refractivity contribution in [2.75, 3.05) is 0 Å². The molecule has 1 aromatic carbocycles. The Hall–Kier alpha value is -2.00. The molecule has 1 aliphatic carbocycles. The fourth-order valence-electron chi connectivity index (χ4n) is 2.12. The molecule has 0 bridgehead atoms. The molecule has 1 aliphatic rings. The molecule has 24 heavy (non-hydrogen) atoms. The summed E-state index contributed by atoms with van der Waals surface area (Å²) < 4.78 is 20.4. The maximum absolute atomic E-state index is 12.9. The molecule has 0 amide bonds. The summed E-state index contributed by atoms with van der Waals surface area (Å²) in [5, 5.41) is 15.6. The highest BCUT2D eigenvalue weighted by atomic mass is 32.2. The summed E-state index contributed by atoms with van der Waals surface area (Å²) in [7, 11) is 0. The minimum atomic E-state index is -0.274. The minimum Gasteiger partial charge on any atom is -0.486 e. The van der Waals surface area contributed by atoms with Gasteiger partial charge in [0.15, 0.2) is 0 Å². The maximum atomic E-state index is 12.9. The van der Waals surface area contributed by atoms with Gasteiger partial charge in [-0.2, -0.15) is 0 Å². The lowest BCUT2D eigenvalue weighted by Crippen LogP contribution is -1.99. The van der Waals surface area contributed by atoms with E-state index in [1.165, 1.54) is 12.1 Å². The predicted octanol–water partition coefficient (Wildman–Crippen LogP) is 3.47. The first-order valence-corrected chi connectivity index (χ1v) is 9.37. The van der Waals surface area contributed by atoms with E-state index in [0.29, 0.717) is 18.4 Å². The molecule has 2 heterocycles. The van der Waals surface area contributed by atoms with E-state index in [0.717, 1.165) is 34.5 Å². The third kappa shape index (κ3) is 3.73. The Bertz CT molecular complexity index is 815. The molecule has 0 aliphatic heterocycles. The van der Waals surface area contributed by atoms with Gasteiger partial charge in [-0.15, -0.1) is 16.4 Å². The quantitative estimate of drug-likeness (QED) is 0.599. The van der Waals surface area contributed by atoms with E-state index in [1.54, 1.807) is 35.2 Å². The molecule has 0 N–H and O–H groups in total. The number of thiazole rings is 1. The lowest BCUT2D eigenvalue weighted by molar-refractivity contribution is 0.305. The van der Waals surface area contributed by atoms with Crippen LogP contribution in [0.3, 0.4) is 0 Å². The molecule has 0 radical (unpaired) electrons. The molecular formula is C15H14FN5OS2. The fourth-order valence-corrected chi connectivity index (χ4v) is 3.77. The second-order valence-corrected chi connectivity index (χ2v) is 7.29. The highest BCUT2D eigenvalue weighted by Crippen LogP contribution is 2.36. The van der Waals surface area contributed by atoms with Gasteiger partial charge in [-0.25, -0.2) is 14.1 Å². The number of aromatic nitrogens is 5. The maximum Gasteiger partial charge on any atom is 0.209 e. The van der Waals surface area contributed by atoms with Gasteiger partial charge in [0.25, 0.3) is 0 Å². The summed E-state index contributed by atoms with van der Waals surface area (Å²) in [6.07, 6.45) is 2.31. The third-order valence-electron chi connectivity index (χ3n) is 3.48. The Morgan fingerprint density at radius 2 is 2.12 bits per heavy atom. The van der Waals surface area contributed by atoms with Crippen LogP contribution >= 0.6 is 23.1 Å². The Morgan fingerprint density at radius 1 is 1.29 bits per heavy atom. The molecule has 3 aromatic rings. The number of nitrogens with zero attached hydrogens (tertiary/aromatic N) is 5. The van der Waals surface area contributed by atoms with Crippen LogP contribution in [0.4, 0.5) is 4.39 Å². The van der Waals surface area contributed by atoms with Crippen LogP contribution in [0.1, 0.15) is 29.6 Å². The number of benzene rings is 1. The van der Waals surface area contributed by atoms with Crippen LogP contribution in [-0.4, -0.2) is 25.2 Å². The van der Waals surface area contributed by atoms with Crippen LogP contribution in [0.5, 0.6) is 5.75 Å². The Morgan fingerprint density at radius 3 is 2.92 bits per heavy atom. The van der Waals surface area contributed by atoms with Crippen LogP contribution in [0.2, 0.25) is 0 Å².